The first-order chi connectivity index (χ1) is 9.34. The maximum absolute atomic E-state index is 4.16. The molecule has 2 heterocycles. The number of rotatable bonds is 1. The molecule has 4 nitrogen and oxygen atoms in total. The second kappa shape index (κ2) is 3.68. The minimum absolute atomic E-state index is 0.873. The van der Waals surface area contributed by atoms with E-state index in [1.165, 1.54) is 21.9 Å². The van der Waals surface area contributed by atoms with Crippen LogP contribution in [0.5, 0.6) is 0 Å². The molecule has 2 aromatic carbocycles. The van der Waals surface area contributed by atoms with Gasteiger partial charge in [-0.2, -0.15) is 15.4 Å². The van der Waals surface area contributed by atoms with E-state index in [2.05, 4.69) is 57.7 Å². The van der Waals surface area contributed by atoms with Crippen molar-refractivity contribution in [1.29, 1.82) is 0 Å². The molecule has 0 fully saturated rings. The van der Waals surface area contributed by atoms with Crippen LogP contribution in [-0.2, 0) is 0 Å². The molecule has 92 valence electrons. The lowest BCUT2D eigenvalue weighted by molar-refractivity contribution is 0.942. The number of nitrogens with one attached hydrogen (secondary N) is 2. The van der Waals surface area contributed by atoms with Crippen LogP contribution in [0, 0.1) is 6.92 Å². The summed E-state index contributed by atoms with van der Waals surface area (Å²) in [5.74, 6) is 0. The summed E-state index contributed by atoms with van der Waals surface area (Å²) in [4.78, 5) is 3.49. The minimum atomic E-state index is 0.873. The molecule has 0 aliphatic heterocycles. The van der Waals surface area contributed by atoms with E-state index in [1.807, 2.05) is 6.07 Å². The van der Waals surface area contributed by atoms with Crippen LogP contribution in [0.15, 0.2) is 42.6 Å². The highest BCUT2D eigenvalue weighted by Gasteiger charge is 2.11. The average Bonchev–Trinajstić information content (AvgIpc) is 3.06. The van der Waals surface area contributed by atoms with Crippen molar-refractivity contribution in [1.82, 2.24) is 20.4 Å². The van der Waals surface area contributed by atoms with Gasteiger partial charge in [-0.1, -0.05) is 30.3 Å². The summed E-state index contributed by atoms with van der Waals surface area (Å²) >= 11 is 0. The number of aromatic amines is 2. The molecule has 0 saturated heterocycles. The molecule has 0 bridgehead atoms. The third-order valence-electron chi connectivity index (χ3n) is 3.63. The Morgan fingerprint density at radius 3 is 2.74 bits per heavy atom. The van der Waals surface area contributed by atoms with Gasteiger partial charge in [0.25, 0.3) is 0 Å². The molecule has 4 heteroatoms. The van der Waals surface area contributed by atoms with E-state index in [-0.39, 0.29) is 0 Å². The van der Waals surface area contributed by atoms with Gasteiger partial charge in [-0.05, 0) is 18.6 Å². The van der Waals surface area contributed by atoms with Crippen LogP contribution in [0.4, 0.5) is 0 Å². The quantitative estimate of drug-likeness (QED) is 0.542. The molecule has 0 atom stereocenters. The zero-order chi connectivity index (χ0) is 12.8. The predicted octanol–water partition coefficient (Wildman–Crippen LogP) is 3.41. The van der Waals surface area contributed by atoms with Gasteiger partial charge in [-0.15, -0.1) is 0 Å². The molecular formula is C15H12N4. The second-order valence-corrected chi connectivity index (χ2v) is 4.69. The summed E-state index contributed by atoms with van der Waals surface area (Å²) in [7, 11) is 0. The summed E-state index contributed by atoms with van der Waals surface area (Å²) in [6, 6.07) is 12.6. The number of H-pyrrole nitrogens is 2. The summed E-state index contributed by atoms with van der Waals surface area (Å²) in [5, 5.41) is 13.2. The van der Waals surface area contributed by atoms with Crippen molar-refractivity contribution >= 4 is 21.8 Å². The number of para-hydroxylation sites is 1. The molecule has 0 radical (unpaired) electrons. The summed E-state index contributed by atoms with van der Waals surface area (Å²) in [6.45, 7) is 2.11. The van der Waals surface area contributed by atoms with Gasteiger partial charge in [0.05, 0.1) is 11.7 Å². The minimum Gasteiger partial charge on any atom is -0.354 e. The normalized spacial score (nSPS) is 11.4. The summed E-state index contributed by atoms with van der Waals surface area (Å²) in [5.41, 5.74) is 5.51. The maximum atomic E-state index is 4.16. The highest BCUT2D eigenvalue weighted by atomic mass is 15.3. The van der Waals surface area contributed by atoms with E-state index < -0.39 is 0 Å². The van der Waals surface area contributed by atoms with Crippen LogP contribution in [0.25, 0.3) is 33.1 Å². The zero-order valence-electron chi connectivity index (χ0n) is 10.4. The monoisotopic (exact) mass is 248 g/mol. The second-order valence-electron chi connectivity index (χ2n) is 4.69. The lowest BCUT2D eigenvalue weighted by Crippen LogP contribution is -1.85. The van der Waals surface area contributed by atoms with Crippen LogP contribution >= 0.6 is 0 Å². The number of nitrogens with zero attached hydrogens (tertiary/aromatic N) is 2. The van der Waals surface area contributed by atoms with Crippen LogP contribution < -0.4 is 0 Å². The maximum Gasteiger partial charge on any atom is 0.113 e. The molecule has 2 aromatic heterocycles. The largest absolute Gasteiger partial charge is 0.354 e. The van der Waals surface area contributed by atoms with E-state index in [0.717, 1.165) is 16.8 Å². The van der Waals surface area contributed by atoms with Crippen molar-refractivity contribution in [2.75, 3.05) is 0 Å². The molecule has 19 heavy (non-hydrogen) atoms. The van der Waals surface area contributed by atoms with Crippen LogP contribution in [-0.4, -0.2) is 20.4 Å². The SMILES string of the molecule is Cc1c(-c2cn[nH]n2)ccc2c1[nH]c1ccccc12. The smallest absolute Gasteiger partial charge is 0.113 e. The predicted molar refractivity (Wildman–Crippen MR) is 75.9 cm³/mol. The van der Waals surface area contributed by atoms with Crippen LogP contribution in [0.3, 0.4) is 0 Å². The van der Waals surface area contributed by atoms with E-state index >= 15 is 0 Å². The number of benzene rings is 2. The van der Waals surface area contributed by atoms with Gasteiger partial charge in [-0.25, -0.2) is 0 Å². The molecule has 2 N–H and O–H groups in total. The Morgan fingerprint density at radius 2 is 1.89 bits per heavy atom. The van der Waals surface area contributed by atoms with Crippen LogP contribution in [0.1, 0.15) is 5.56 Å². The van der Waals surface area contributed by atoms with E-state index in [1.54, 1.807) is 6.20 Å². The van der Waals surface area contributed by atoms with Crippen molar-refractivity contribution in [2.24, 2.45) is 0 Å². The molecule has 0 aliphatic rings. The van der Waals surface area contributed by atoms with Gasteiger partial charge < -0.3 is 4.98 Å². The Balaban J connectivity index is 2.11. The van der Waals surface area contributed by atoms with Crippen molar-refractivity contribution in [3.63, 3.8) is 0 Å². The molecule has 0 saturated carbocycles. The number of hydrogen-bond acceptors (Lipinski definition) is 2. The highest BCUT2D eigenvalue weighted by molar-refractivity contribution is 6.09. The third kappa shape index (κ3) is 1.40. The topological polar surface area (TPSA) is 57.4 Å². The molecule has 4 rings (SSSR count). The molecule has 0 amide bonds. The van der Waals surface area contributed by atoms with Gasteiger partial charge in [0, 0.05) is 21.9 Å². The van der Waals surface area contributed by atoms with Crippen molar-refractivity contribution in [3.8, 4) is 11.3 Å². The molecule has 0 aliphatic carbocycles. The summed E-state index contributed by atoms with van der Waals surface area (Å²) < 4.78 is 0. The highest BCUT2D eigenvalue weighted by Crippen LogP contribution is 2.32. The van der Waals surface area contributed by atoms with Gasteiger partial charge in [0.15, 0.2) is 0 Å². The van der Waals surface area contributed by atoms with Crippen LogP contribution in [0.2, 0.25) is 0 Å². The lowest BCUT2D eigenvalue weighted by atomic mass is 10.0. The standard InChI is InChI=1S/C15H12N4/c1-9-10(14-8-16-19-18-14)6-7-12-11-4-2-3-5-13(11)17-15(9)12/h2-8,17H,1H3,(H,16,18,19). The Bertz CT molecular complexity index is 872. The molecule has 0 unspecified atom stereocenters. The van der Waals surface area contributed by atoms with Gasteiger partial charge in [-0.3, -0.25) is 0 Å². The molecule has 4 aromatic rings. The van der Waals surface area contributed by atoms with Crippen molar-refractivity contribution in [3.05, 3.63) is 48.2 Å². The van der Waals surface area contributed by atoms with Gasteiger partial charge >= 0.3 is 0 Å². The fraction of sp³-hybridized carbons (Fsp3) is 0.0667. The number of fused-ring (bicyclic) bond motifs is 3. The summed E-state index contributed by atoms with van der Waals surface area (Å²) in [6.07, 6.45) is 1.75. The molecule has 0 spiro atoms. The fourth-order valence-corrected chi connectivity index (χ4v) is 2.67. The lowest BCUT2D eigenvalue weighted by Gasteiger charge is -2.03. The number of hydrogen-bond donors (Lipinski definition) is 2. The zero-order valence-corrected chi connectivity index (χ0v) is 10.4. The number of aromatic nitrogens is 4. The average molecular weight is 248 g/mol. The van der Waals surface area contributed by atoms with Crippen molar-refractivity contribution in [2.45, 2.75) is 6.92 Å². The third-order valence-corrected chi connectivity index (χ3v) is 3.63. The molecular weight excluding hydrogens is 236 g/mol. The van der Waals surface area contributed by atoms with Gasteiger partial charge in [0.1, 0.15) is 5.69 Å². The number of aryl methyl sites for hydroxylation is 1. The Hall–Kier alpha value is -2.62. The first-order valence-corrected chi connectivity index (χ1v) is 6.21. The first-order valence-electron chi connectivity index (χ1n) is 6.21. The first kappa shape index (κ1) is 10.3. The van der Waals surface area contributed by atoms with Crippen molar-refractivity contribution < 1.29 is 0 Å². The van der Waals surface area contributed by atoms with E-state index in [9.17, 15) is 0 Å². The van der Waals surface area contributed by atoms with Gasteiger partial charge in [0.2, 0.25) is 0 Å². The van der Waals surface area contributed by atoms with E-state index in [4.69, 9.17) is 0 Å². The van der Waals surface area contributed by atoms with E-state index in [0.29, 0.717) is 0 Å². The Kier molecular flexibility index (Phi) is 2.00. The fourth-order valence-electron chi connectivity index (χ4n) is 2.67. The Morgan fingerprint density at radius 1 is 1.00 bits per heavy atom. The Labute approximate surface area is 109 Å².